The van der Waals surface area contributed by atoms with Gasteiger partial charge in [-0.15, -0.1) is 0 Å². The lowest BCUT2D eigenvalue weighted by molar-refractivity contribution is 0.00901. The number of ether oxygens (including phenoxy) is 1. The van der Waals surface area contributed by atoms with Gasteiger partial charge in [-0.3, -0.25) is 4.79 Å². The minimum absolute atomic E-state index is 0.0127. The number of anilines is 1. The maximum Gasteiger partial charge on any atom is 0.338 e. The van der Waals surface area contributed by atoms with Gasteiger partial charge in [0.2, 0.25) is 5.95 Å². The molecule has 1 aromatic heterocycles. The number of benzene rings is 2. The second-order valence-corrected chi connectivity index (χ2v) is 7.27. The molecular weight excluding hydrogens is 368 g/mol. The van der Waals surface area contributed by atoms with E-state index in [4.69, 9.17) is 10.5 Å². The van der Waals surface area contributed by atoms with Crippen LogP contribution in [0.5, 0.6) is 0 Å². The van der Waals surface area contributed by atoms with Crippen LogP contribution in [-0.2, 0) is 11.3 Å². The van der Waals surface area contributed by atoms with Gasteiger partial charge in [-0.1, -0.05) is 30.3 Å². The Hall–Kier alpha value is -3.48. The molecule has 2 aromatic carbocycles. The van der Waals surface area contributed by atoms with Crippen LogP contribution in [0.2, 0.25) is 0 Å². The van der Waals surface area contributed by atoms with Crippen molar-refractivity contribution in [1.29, 1.82) is 0 Å². The number of carbonyl (C=O) groups excluding carboxylic acids is 2. The van der Waals surface area contributed by atoms with Gasteiger partial charge in [-0.05, 0) is 43.0 Å². The van der Waals surface area contributed by atoms with E-state index in [1.165, 1.54) is 0 Å². The molecule has 7 nitrogen and oxygen atoms in total. The lowest BCUT2D eigenvalue weighted by atomic mass is 9.96. The molecule has 1 fully saturated rings. The van der Waals surface area contributed by atoms with Crippen molar-refractivity contribution in [2.45, 2.75) is 31.9 Å². The summed E-state index contributed by atoms with van der Waals surface area (Å²) in [6.45, 7) is 0.425. The van der Waals surface area contributed by atoms with Crippen LogP contribution in [0.15, 0.2) is 48.5 Å². The minimum atomic E-state index is -0.399. The van der Waals surface area contributed by atoms with Crippen molar-refractivity contribution in [2.75, 3.05) is 12.8 Å². The molecule has 0 radical (unpaired) electrons. The molecule has 3 aromatic rings. The predicted octanol–water partition coefficient (Wildman–Crippen LogP) is 3.19. The molecule has 0 saturated heterocycles. The van der Waals surface area contributed by atoms with Crippen LogP contribution in [0.1, 0.15) is 45.7 Å². The summed E-state index contributed by atoms with van der Waals surface area (Å²) in [6, 6.07) is 14.6. The number of hydrogen-bond acceptors (Lipinski definition) is 6. The molecule has 1 saturated carbocycles. The number of nitrogens with two attached hydrogens (primary N) is 1. The van der Waals surface area contributed by atoms with Crippen LogP contribution in [0, 0.1) is 0 Å². The topological polar surface area (TPSA) is 98.4 Å². The number of fused-ring (bicyclic) bond motifs is 1. The molecule has 2 N–H and O–H groups in total. The highest BCUT2D eigenvalue weighted by molar-refractivity contribution is 6.06. The molecule has 0 spiro atoms. The number of carbonyl (C=O) groups is 2. The molecule has 1 heterocycles. The maximum atomic E-state index is 13.1. The first-order valence-corrected chi connectivity index (χ1v) is 9.59. The molecule has 1 aliphatic carbocycles. The largest absolute Gasteiger partial charge is 0.459 e. The third kappa shape index (κ3) is 4.03. The summed E-state index contributed by atoms with van der Waals surface area (Å²) in [5.74, 6) is -0.680. The zero-order valence-electron chi connectivity index (χ0n) is 16.2. The highest BCUT2D eigenvalue weighted by Crippen LogP contribution is 2.25. The van der Waals surface area contributed by atoms with Gasteiger partial charge in [-0.25, -0.2) is 14.8 Å². The van der Waals surface area contributed by atoms with E-state index in [0.29, 0.717) is 23.0 Å². The standard InChI is InChI=1S/C22H22N4O3/c1-26(13-14-6-3-2-4-7-14)20(27)19-17-12-15(21(28)29-16-8-5-9-16)10-11-18(17)24-22(23)25-19/h2-4,6-7,10-12,16H,5,8-9,13H2,1H3,(H2,23,24,25). The summed E-state index contributed by atoms with van der Waals surface area (Å²) in [5, 5.41) is 0.479. The maximum absolute atomic E-state index is 13.1. The number of nitrogen functional groups attached to an aromatic ring is 1. The Balaban J connectivity index is 1.65. The SMILES string of the molecule is CN(Cc1ccccc1)C(=O)c1nc(N)nc2ccc(C(=O)OC3CCC3)cc12. The number of hydrogen-bond donors (Lipinski definition) is 1. The lowest BCUT2D eigenvalue weighted by Gasteiger charge is -2.25. The van der Waals surface area contributed by atoms with Crippen LogP contribution in [0.3, 0.4) is 0 Å². The van der Waals surface area contributed by atoms with Gasteiger partial charge in [0.25, 0.3) is 5.91 Å². The third-order valence-electron chi connectivity index (χ3n) is 5.09. The highest BCUT2D eigenvalue weighted by Gasteiger charge is 2.24. The van der Waals surface area contributed by atoms with E-state index >= 15 is 0 Å². The predicted molar refractivity (Wildman–Crippen MR) is 109 cm³/mol. The van der Waals surface area contributed by atoms with Crippen molar-refractivity contribution >= 4 is 28.7 Å². The first-order chi connectivity index (χ1) is 14.0. The summed E-state index contributed by atoms with van der Waals surface area (Å²) in [6.07, 6.45) is 2.86. The fourth-order valence-corrected chi connectivity index (χ4v) is 3.25. The van der Waals surface area contributed by atoms with Crippen LogP contribution < -0.4 is 5.73 Å². The third-order valence-corrected chi connectivity index (χ3v) is 5.09. The number of amides is 1. The van der Waals surface area contributed by atoms with Gasteiger partial charge in [0, 0.05) is 19.0 Å². The Labute approximate surface area is 168 Å². The van der Waals surface area contributed by atoms with Crippen LogP contribution >= 0.6 is 0 Å². The molecular formula is C22H22N4O3. The highest BCUT2D eigenvalue weighted by atomic mass is 16.5. The summed E-state index contributed by atoms with van der Waals surface area (Å²) < 4.78 is 5.47. The van der Waals surface area contributed by atoms with E-state index in [1.54, 1.807) is 30.1 Å². The summed E-state index contributed by atoms with van der Waals surface area (Å²) in [5.41, 5.74) is 7.87. The zero-order valence-corrected chi connectivity index (χ0v) is 16.2. The Kier molecular flexibility index (Phi) is 5.12. The average molecular weight is 390 g/mol. The lowest BCUT2D eigenvalue weighted by Crippen LogP contribution is -2.28. The van der Waals surface area contributed by atoms with E-state index in [-0.39, 0.29) is 23.7 Å². The Morgan fingerprint density at radius 1 is 1.14 bits per heavy atom. The van der Waals surface area contributed by atoms with E-state index in [2.05, 4.69) is 9.97 Å². The number of aromatic nitrogens is 2. The van der Waals surface area contributed by atoms with Gasteiger partial charge in [0.1, 0.15) is 11.8 Å². The van der Waals surface area contributed by atoms with Crippen molar-refractivity contribution in [3.05, 3.63) is 65.4 Å². The molecule has 1 amide bonds. The Bertz CT molecular complexity index is 1060. The molecule has 1 aliphatic rings. The molecule has 4 rings (SSSR count). The minimum Gasteiger partial charge on any atom is -0.459 e. The van der Waals surface area contributed by atoms with Gasteiger partial charge in [-0.2, -0.15) is 0 Å². The second kappa shape index (κ2) is 7.87. The van der Waals surface area contributed by atoms with E-state index in [1.807, 2.05) is 30.3 Å². The normalized spacial score (nSPS) is 13.7. The zero-order chi connectivity index (χ0) is 20.4. The van der Waals surface area contributed by atoms with E-state index in [0.717, 1.165) is 24.8 Å². The van der Waals surface area contributed by atoms with Crippen molar-refractivity contribution in [3.8, 4) is 0 Å². The summed E-state index contributed by atoms with van der Waals surface area (Å²) in [7, 11) is 1.70. The smallest absolute Gasteiger partial charge is 0.338 e. The molecule has 148 valence electrons. The molecule has 0 bridgehead atoms. The van der Waals surface area contributed by atoms with E-state index < -0.39 is 5.97 Å². The molecule has 7 heteroatoms. The average Bonchev–Trinajstić information content (AvgIpc) is 2.69. The Morgan fingerprint density at radius 2 is 1.90 bits per heavy atom. The van der Waals surface area contributed by atoms with Crippen LogP contribution in [0.4, 0.5) is 5.95 Å². The van der Waals surface area contributed by atoms with Crippen molar-refractivity contribution < 1.29 is 14.3 Å². The molecule has 0 unspecified atom stereocenters. The molecule has 29 heavy (non-hydrogen) atoms. The number of nitrogens with zero attached hydrogens (tertiary/aromatic N) is 3. The summed E-state index contributed by atoms with van der Waals surface area (Å²) >= 11 is 0. The monoisotopic (exact) mass is 390 g/mol. The van der Waals surface area contributed by atoms with Crippen molar-refractivity contribution in [2.24, 2.45) is 0 Å². The fourth-order valence-electron chi connectivity index (χ4n) is 3.25. The van der Waals surface area contributed by atoms with Crippen molar-refractivity contribution in [3.63, 3.8) is 0 Å². The van der Waals surface area contributed by atoms with Gasteiger partial charge < -0.3 is 15.4 Å². The Morgan fingerprint density at radius 3 is 2.59 bits per heavy atom. The number of rotatable bonds is 5. The van der Waals surface area contributed by atoms with Crippen LogP contribution in [0.25, 0.3) is 10.9 Å². The number of esters is 1. The molecule has 0 atom stereocenters. The summed E-state index contributed by atoms with van der Waals surface area (Å²) in [4.78, 5) is 35.5. The van der Waals surface area contributed by atoms with Gasteiger partial charge >= 0.3 is 5.97 Å². The van der Waals surface area contributed by atoms with E-state index in [9.17, 15) is 9.59 Å². The van der Waals surface area contributed by atoms with Gasteiger partial charge in [0.05, 0.1) is 11.1 Å². The van der Waals surface area contributed by atoms with Gasteiger partial charge in [0.15, 0.2) is 0 Å². The quantitative estimate of drug-likeness (QED) is 0.672. The first-order valence-electron chi connectivity index (χ1n) is 9.59. The fraction of sp³-hybridized carbons (Fsp3) is 0.273. The second-order valence-electron chi connectivity index (χ2n) is 7.27. The van der Waals surface area contributed by atoms with Crippen molar-refractivity contribution in [1.82, 2.24) is 14.9 Å². The molecule has 0 aliphatic heterocycles. The first kappa shape index (κ1) is 18.9. The van der Waals surface area contributed by atoms with Crippen LogP contribution in [-0.4, -0.2) is 39.9 Å².